The van der Waals surface area contributed by atoms with Gasteiger partial charge in [-0.15, -0.1) is 0 Å². The predicted octanol–water partition coefficient (Wildman–Crippen LogP) is 2.16. The van der Waals surface area contributed by atoms with Gasteiger partial charge in [-0.05, 0) is 44.9 Å². The molecule has 116 valence electrons. The van der Waals surface area contributed by atoms with E-state index in [2.05, 4.69) is 36.1 Å². The van der Waals surface area contributed by atoms with Crippen LogP contribution in [0.4, 0.5) is 5.69 Å². The third-order valence-electron chi connectivity index (χ3n) is 3.98. The largest absolute Gasteiger partial charge is 0.368 e. The smallest absolute Gasteiger partial charge is 0.222 e. The summed E-state index contributed by atoms with van der Waals surface area (Å²) in [6.07, 6.45) is 1.29. The lowest BCUT2D eigenvalue weighted by molar-refractivity contribution is -0.131. The van der Waals surface area contributed by atoms with E-state index in [0.717, 1.165) is 32.6 Å². The van der Waals surface area contributed by atoms with Gasteiger partial charge in [0.25, 0.3) is 0 Å². The quantitative estimate of drug-likeness (QED) is 0.924. The van der Waals surface area contributed by atoms with E-state index in [1.165, 1.54) is 11.3 Å². The van der Waals surface area contributed by atoms with Gasteiger partial charge in [0, 0.05) is 43.8 Å². The van der Waals surface area contributed by atoms with E-state index in [4.69, 9.17) is 5.73 Å². The molecule has 0 aromatic heterocycles. The second-order valence-corrected chi connectivity index (χ2v) is 6.70. The zero-order chi connectivity index (χ0) is 15.5. The SMILES string of the molecule is Cc1cccc(N2CCN(C(=O)CCC(C)(C)N)CC2)c1. The molecule has 4 heteroatoms. The van der Waals surface area contributed by atoms with Crippen LogP contribution < -0.4 is 10.6 Å². The van der Waals surface area contributed by atoms with E-state index < -0.39 is 0 Å². The first kappa shape index (κ1) is 15.8. The van der Waals surface area contributed by atoms with Crippen LogP contribution in [0.2, 0.25) is 0 Å². The number of nitrogens with zero attached hydrogens (tertiary/aromatic N) is 2. The highest BCUT2D eigenvalue weighted by atomic mass is 16.2. The lowest BCUT2D eigenvalue weighted by Crippen LogP contribution is -2.49. The molecule has 0 aliphatic carbocycles. The van der Waals surface area contributed by atoms with Crippen molar-refractivity contribution in [2.24, 2.45) is 5.73 Å². The van der Waals surface area contributed by atoms with E-state index in [9.17, 15) is 4.79 Å². The van der Waals surface area contributed by atoms with Gasteiger partial charge in [0.05, 0.1) is 0 Å². The van der Waals surface area contributed by atoms with Crippen molar-refractivity contribution in [3.63, 3.8) is 0 Å². The van der Waals surface area contributed by atoms with Crippen LogP contribution in [0, 0.1) is 6.92 Å². The number of carbonyl (C=O) groups excluding carboxylic acids is 1. The van der Waals surface area contributed by atoms with Crippen LogP contribution in [0.5, 0.6) is 0 Å². The fourth-order valence-electron chi connectivity index (χ4n) is 2.63. The van der Waals surface area contributed by atoms with Crippen LogP contribution in [0.25, 0.3) is 0 Å². The summed E-state index contributed by atoms with van der Waals surface area (Å²) in [5.74, 6) is 0.234. The zero-order valence-electron chi connectivity index (χ0n) is 13.4. The molecule has 1 saturated heterocycles. The van der Waals surface area contributed by atoms with Gasteiger partial charge in [-0.1, -0.05) is 12.1 Å². The fourth-order valence-corrected chi connectivity index (χ4v) is 2.63. The summed E-state index contributed by atoms with van der Waals surface area (Å²) in [4.78, 5) is 16.5. The molecule has 0 unspecified atom stereocenters. The Bertz CT molecular complexity index is 485. The molecule has 2 rings (SSSR count). The van der Waals surface area contributed by atoms with E-state index >= 15 is 0 Å². The lowest BCUT2D eigenvalue weighted by Gasteiger charge is -2.36. The summed E-state index contributed by atoms with van der Waals surface area (Å²) in [7, 11) is 0. The summed E-state index contributed by atoms with van der Waals surface area (Å²) in [6.45, 7) is 9.46. The summed E-state index contributed by atoms with van der Waals surface area (Å²) in [6, 6.07) is 8.54. The molecule has 0 bridgehead atoms. The number of piperazine rings is 1. The number of aryl methyl sites for hydroxylation is 1. The third-order valence-corrected chi connectivity index (χ3v) is 3.98. The van der Waals surface area contributed by atoms with Crippen molar-refractivity contribution in [3.05, 3.63) is 29.8 Å². The third kappa shape index (κ3) is 4.74. The van der Waals surface area contributed by atoms with Gasteiger partial charge in [0.2, 0.25) is 5.91 Å². The number of rotatable bonds is 4. The maximum atomic E-state index is 12.2. The van der Waals surface area contributed by atoms with Gasteiger partial charge in [-0.2, -0.15) is 0 Å². The number of anilines is 1. The minimum absolute atomic E-state index is 0.234. The van der Waals surface area contributed by atoms with Crippen LogP contribution in [0.3, 0.4) is 0 Å². The highest BCUT2D eigenvalue weighted by Gasteiger charge is 2.22. The monoisotopic (exact) mass is 289 g/mol. The highest BCUT2D eigenvalue weighted by molar-refractivity contribution is 5.76. The molecule has 1 aliphatic rings. The van der Waals surface area contributed by atoms with Gasteiger partial charge in [-0.25, -0.2) is 0 Å². The normalized spacial score (nSPS) is 16.2. The Balaban J connectivity index is 1.84. The van der Waals surface area contributed by atoms with Crippen LogP contribution in [0.15, 0.2) is 24.3 Å². The van der Waals surface area contributed by atoms with E-state index in [-0.39, 0.29) is 11.4 Å². The summed E-state index contributed by atoms with van der Waals surface area (Å²) in [5, 5.41) is 0. The van der Waals surface area contributed by atoms with Crippen LogP contribution in [-0.2, 0) is 4.79 Å². The van der Waals surface area contributed by atoms with E-state index in [1.807, 2.05) is 18.7 Å². The Labute approximate surface area is 127 Å². The maximum Gasteiger partial charge on any atom is 0.222 e. The van der Waals surface area contributed by atoms with Crippen molar-refractivity contribution >= 4 is 11.6 Å². The molecule has 0 atom stereocenters. The molecule has 1 aromatic carbocycles. The molecule has 0 radical (unpaired) electrons. The van der Waals surface area contributed by atoms with Crippen molar-refractivity contribution in [3.8, 4) is 0 Å². The number of amides is 1. The summed E-state index contributed by atoms with van der Waals surface area (Å²) >= 11 is 0. The topological polar surface area (TPSA) is 49.6 Å². The predicted molar refractivity (Wildman–Crippen MR) is 87.5 cm³/mol. The van der Waals surface area contributed by atoms with Crippen molar-refractivity contribution in [2.45, 2.75) is 39.2 Å². The number of carbonyl (C=O) groups is 1. The molecule has 4 nitrogen and oxygen atoms in total. The molecule has 1 heterocycles. The standard InChI is InChI=1S/C17H27N3O/c1-14-5-4-6-15(13-14)19-9-11-20(12-10-19)16(21)7-8-17(2,3)18/h4-6,13H,7-12,18H2,1-3H3. The molecule has 1 amide bonds. The van der Waals surface area contributed by atoms with Gasteiger partial charge in [0.1, 0.15) is 0 Å². The number of nitrogens with two attached hydrogens (primary N) is 1. The van der Waals surface area contributed by atoms with E-state index in [0.29, 0.717) is 6.42 Å². The lowest BCUT2D eigenvalue weighted by atomic mass is 9.99. The summed E-state index contributed by atoms with van der Waals surface area (Å²) in [5.41, 5.74) is 8.21. The molecular weight excluding hydrogens is 262 g/mol. The number of hydrogen-bond acceptors (Lipinski definition) is 3. The molecule has 2 N–H and O–H groups in total. The molecule has 21 heavy (non-hydrogen) atoms. The molecule has 0 saturated carbocycles. The average Bonchev–Trinajstić information content (AvgIpc) is 2.44. The summed E-state index contributed by atoms with van der Waals surface area (Å²) < 4.78 is 0. The first-order valence-electron chi connectivity index (χ1n) is 7.73. The van der Waals surface area contributed by atoms with Crippen LogP contribution in [-0.4, -0.2) is 42.5 Å². The van der Waals surface area contributed by atoms with Gasteiger partial charge in [0.15, 0.2) is 0 Å². The Hall–Kier alpha value is -1.55. The van der Waals surface area contributed by atoms with Gasteiger partial charge < -0.3 is 15.5 Å². The van der Waals surface area contributed by atoms with Crippen LogP contribution >= 0.6 is 0 Å². The molecule has 1 aliphatic heterocycles. The first-order chi connectivity index (χ1) is 9.85. The second kappa shape index (κ2) is 6.48. The van der Waals surface area contributed by atoms with Crippen molar-refractivity contribution in [1.29, 1.82) is 0 Å². The first-order valence-corrected chi connectivity index (χ1v) is 7.73. The van der Waals surface area contributed by atoms with Crippen molar-refractivity contribution < 1.29 is 4.79 Å². The molecule has 1 aromatic rings. The second-order valence-electron chi connectivity index (χ2n) is 6.70. The fraction of sp³-hybridized carbons (Fsp3) is 0.588. The molecular formula is C17H27N3O. The number of hydrogen-bond donors (Lipinski definition) is 1. The maximum absolute atomic E-state index is 12.2. The minimum Gasteiger partial charge on any atom is -0.368 e. The van der Waals surface area contributed by atoms with E-state index in [1.54, 1.807) is 0 Å². The average molecular weight is 289 g/mol. The Morgan fingerprint density at radius 3 is 2.48 bits per heavy atom. The number of benzene rings is 1. The van der Waals surface area contributed by atoms with Crippen LogP contribution in [0.1, 0.15) is 32.3 Å². The Morgan fingerprint density at radius 2 is 1.90 bits per heavy atom. The van der Waals surface area contributed by atoms with Gasteiger partial charge >= 0.3 is 0 Å². The van der Waals surface area contributed by atoms with Crippen molar-refractivity contribution in [1.82, 2.24) is 4.90 Å². The Kier molecular flexibility index (Phi) is 4.88. The minimum atomic E-state index is -0.265. The Morgan fingerprint density at radius 1 is 1.24 bits per heavy atom. The zero-order valence-corrected chi connectivity index (χ0v) is 13.4. The van der Waals surface area contributed by atoms with Gasteiger partial charge in [-0.3, -0.25) is 4.79 Å². The highest BCUT2D eigenvalue weighted by Crippen LogP contribution is 2.18. The van der Waals surface area contributed by atoms with Crippen molar-refractivity contribution in [2.75, 3.05) is 31.1 Å². The molecule has 0 spiro atoms. The molecule has 1 fully saturated rings.